The number of nitrogen functional groups attached to an aromatic ring is 1. The third-order valence-corrected chi connectivity index (χ3v) is 7.63. The van der Waals surface area contributed by atoms with Crippen LogP contribution in [0.2, 0.25) is 0 Å². The number of para-hydroxylation sites is 1. The number of rotatable bonds is 11. The van der Waals surface area contributed by atoms with Gasteiger partial charge in [0, 0.05) is 0 Å². The number of phenolic OH excluding ortho intramolecular Hbond substituents is 1. The molecule has 1 aliphatic rings. The minimum Gasteiger partial charge on any atom is -0.507 e. The van der Waals surface area contributed by atoms with Crippen molar-refractivity contribution in [2.45, 2.75) is 59.2 Å². The summed E-state index contributed by atoms with van der Waals surface area (Å²) in [5, 5.41) is 9.75. The molecular formula is C27H38FN7O8S. The van der Waals surface area contributed by atoms with Crippen LogP contribution in [0, 0.1) is 5.92 Å². The standard InChI is InChI=1S/C21H23FN6O8S.C6H15N/c1-10(2)21(31)36-16-13(7-34-37(32,33)27-19(30)11-5-3-4-6-12(11)29)35-20(14(16)22)28-9-26-15-17(23)24-8-25-18(15)28;1-4-7(5-2)6-3/h3-6,8-10,13-14,16,20,29H,7H2,1-2H3,(H,27,30)(H2,23,24,25);4-6H2,1-3H3/t13-,14-,16-,20-;/m1./s1. The molecule has 0 bridgehead atoms. The van der Waals surface area contributed by atoms with Crippen molar-refractivity contribution < 1.29 is 41.2 Å². The highest BCUT2D eigenvalue weighted by atomic mass is 32.2. The average molecular weight is 640 g/mol. The fraction of sp³-hybridized carbons (Fsp3) is 0.519. The lowest BCUT2D eigenvalue weighted by atomic mass is 10.1. The van der Waals surface area contributed by atoms with Gasteiger partial charge in [-0.05, 0) is 31.8 Å². The number of nitrogens with one attached hydrogen (secondary N) is 1. The summed E-state index contributed by atoms with van der Waals surface area (Å²) in [5.41, 5.74) is 5.78. The van der Waals surface area contributed by atoms with Gasteiger partial charge in [0.05, 0.1) is 24.4 Å². The minimum absolute atomic E-state index is 0.0473. The number of imidazole rings is 1. The Morgan fingerprint density at radius 3 is 2.41 bits per heavy atom. The van der Waals surface area contributed by atoms with E-state index in [1.54, 1.807) is 4.72 Å². The number of amides is 1. The number of anilines is 1. The van der Waals surface area contributed by atoms with E-state index in [4.69, 9.17) is 19.4 Å². The number of hydrogen-bond donors (Lipinski definition) is 3. The lowest BCUT2D eigenvalue weighted by Gasteiger charge is -2.20. The second kappa shape index (κ2) is 15.2. The molecule has 1 aliphatic heterocycles. The molecular weight excluding hydrogens is 601 g/mol. The third kappa shape index (κ3) is 8.37. The van der Waals surface area contributed by atoms with E-state index in [-0.39, 0.29) is 22.5 Å². The maximum absolute atomic E-state index is 15.6. The molecule has 0 unspecified atom stereocenters. The Hall–Kier alpha value is -3.93. The Bertz CT molecular complexity index is 1530. The largest absolute Gasteiger partial charge is 0.507 e. The van der Waals surface area contributed by atoms with E-state index < -0.39 is 65.1 Å². The van der Waals surface area contributed by atoms with Crippen LogP contribution in [0.3, 0.4) is 0 Å². The smallest absolute Gasteiger partial charge is 0.362 e. The average Bonchev–Trinajstić information content (AvgIpc) is 3.54. The van der Waals surface area contributed by atoms with Gasteiger partial charge < -0.3 is 25.2 Å². The molecule has 0 aliphatic carbocycles. The van der Waals surface area contributed by atoms with Crippen LogP contribution < -0.4 is 10.5 Å². The topological polar surface area (TPSA) is 201 Å². The highest BCUT2D eigenvalue weighted by Gasteiger charge is 2.50. The molecule has 4 N–H and O–H groups in total. The van der Waals surface area contributed by atoms with E-state index in [2.05, 4.69) is 40.6 Å². The number of esters is 1. The number of ether oxygens (including phenoxy) is 2. The van der Waals surface area contributed by atoms with E-state index in [0.717, 1.165) is 6.33 Å². The number of hydrogen-bond acceptors (Lipinski definition) is 13. The third-order valence-electron chi connectivity index (χ3n) is 6.75. The summed E-state index contributed by atoms with van der Waals surface area (Å²) in [6.07, 6.45) is -4.04. The van der Waals surface area contributed by atoms with Gasteiger partial charge in [-0.25, -0.2) is 24.1 Å². The van der Waals surface area contributed by atoms with Gasteiger partial charge in [-0.1, -0.05) is 46.8 Å². The first kappa shape index (κ1) is 34.6. The number of benzene rings is 1. The van der Waals surface area contributed by atoms with Crippen LogP contribution in [0.1, 0.15) is 51.2 Å². The molecule has 1 aromatic carbocycles. The van der Waals surface area contributed by atoms with Crippen LogP contribution in [0.4, 0.5) is 10.2 Å². The lowest BCUT2D eigenvalue weighted by molar-refractivity contribution is -0.158. The van der Waals surface area contributed by atoms with Crippen molar-refractivity contribution in [1.29, 1.82) is 0 Å². The van der Waals surface area contributed by atoms with Crippen molar-refractivity contribution in [3.8, 4) is 5.75 Å². The molecule has 1 amide bonds. The Labute approximate surface area is 254 Å². The number of nitrogens with zero attached hydrogens (tertiary/aromatic N) is 5. The van der Waals surface area contributed by atoms with Gasteiger partial charge in [-0.3, -0.25) is 18.3 Å². The Balaban J connectivity index is 0.000000676. The van der Waals surface area contributed by atoms with Gasteiger partial charge in [0.2, 0.25) is 0 Å². The molecule has 15 nitrogen and oxygen atoms in total. The summed E-state index contributed by atoms with van der Waals surface area (Å²) in [4.78, 5) is 38.8. The summed E-state index contributed by atoms with van der Waals surface area (Å²) in [7, 11) is -4.74. The number of carbonyl (C=O) groups is 2. The van der Waals surface area contributed by atoms with Crippen LogP contribution >= 0.6 is 0 Å². The summed E-state index contributed by atoms with van der Waals surface area (Å²) < 4.78 is 59.0. The van der Waals surface area contributed by atoms with Crippen LogP contribution in [-0.2, 0) is 28.8 Å². The summed E-state index contributed by atoms with van der Waals surface area (Å²) in [6.45, 7) is 12.4. The van der Waals surface area contributed by atoms with Gasteiger partial charge >= 0.3 is 16.3 Å². The maximum atomic E-state index is 15.6. The maximum Gasteiger partial charge on any atom is 0.362 e. The number of halogens is 1. The van der Waals surface area contributed by atoms with Crippen LogP contribution in [0.5, 0.6) is 5.75 Å². The van der Waals surface area contributed by atoms with E-state index >= 15 is 4.39 Å². The predicted octanol–water partition coefficient (Wildman–Crippen LogP) is 1.96. The normalized spacial score (nSPS) is 20.0. The number of fused-ring (bicyclic) bond motifs is 1. The lowest BCUT2D eigenvalue weighted by Crippen LogP contribution is -2.40. The predicted molar refractivity (Wildman–Crippen MR) is 157 cm³/mol. The zero-order chi connectivity index (χ0) is 32.6. The van der Waals surface area contributed by atoms with Crippen LogP contribution in [-0.4, -0.2) is 94.4 Å². The SMILES string of the molecule is CC(C)C(=O)O[C@H]1[C@@H](F)[C@H](n2cnc3c(N)ncnc32)O[C@@H]1COS(=O)(=O)NC(=O)c1ccccc1O.CCN(CC)CC. The highest BCUT2D eigenvalue weighted by molar-refractivity contribution is 7.85. The second-order valence-electron chi connectivity index (χ2n) is 9.96. The first-order valence-electron chi connectivity index (χ1n) is 14.0. The molecule has 4 atom stereocenters. The first-order valence-corrected chi connectivity index (χ1v) is 15.4. The van der Waals surface area contributed by atoms with Crippen molar-refractivity contribution in [2.75, 3.05) is 32.0 Å². The molecule has 3 heterocycles. The number of nitrogens with two attached hydrogens (primary N) is 1. The molecule has 44 heavy (non-hydrogen) atoms. The number of aromatic hydroxyl groups is 1. The van der Waals surface area contributed by atoms with Crippen LogP contribution in [0.25, 0.3) is 11.2 Å². The van der Waals surface area contributed by atoms with Gasteiger partial charge in [0.1, 0.15) is 23.7 Å². The number of alkyl halides is 1. The summed E-state index contributed by atoms with van der Waals surface area (Å²) >= 11 is 0. The molecule has 1 fully saturated rings. The van der Waals surface area contributed by atoms with E-state index in [0.29, 0.717) is 0 Å². The van der Waals surface area contributed by atoms with Crippen LogP contribution in [0.15, 0.2) is 36.9 Å². The second-order valence-corrected chi connectivity index (χ2v) is 11.3. The fourth-order valence-electron chi connectivity index (χ4n) is 4.21. The number of aromatic nitrogens is 4. The molecule has 17 heteroatoms. The highest BCUT2D eigenvalue weighted by Crippen LogP contribution is 2.36. The fourth-order valence-corrected chi connectivity index (χ4v) is 4.92. The van der Waals surface area contributed by atoms with E-state index in [1.807, 2.05) is 0 Å². The van der Waals surface area contributed by atoms with Gasteiger partial charge in [0.25, 0.3) is 5.91 Å². The quantitative estimate of drug-likeness (QED) is 0.257. The first-order chi connectivity index (χ1) is 20.8. The zero-order valence-electron chi connectivity index (χ0n) is 25.1. The summed E-state index contributed by atoms with van der Waals surface area (Å²) in [6, 6.07) is 5.26. The summed E-state index contributed by atoms with van der Waals surface area (Å²) in [5.74, 6) is -2.92. The van der Waals surface area contributed by atoms with Crippen molar-refractivity contribution >= 4 is 39.2 Å². The Kier molecular flexibility index (Phi) is 11.9. The Morgan fingerprint density at radius 2 is 1.82 bits per heavy atom. The molecule has 4 rings (SSSR count). The van der Waals surface area contributed by atoms with Crippen molar-refractivity contribution in [3.05, 3.63) is 42.5 Å². The molecule has 3 aromatic rings. The molecule has 0 spiro atoms. The van der Waals surface area contributed by atoms with Crippen molar-refractivity contribution in [1.82, 2.24) is 29.1 Å². The number of phenols is 1. The van der Waals surface area contributed by atoms with Gasteiger partial charge in [0.15, 0.2) is 30.0 Å². The molecule has 242 valence electrons. The Morgan fingerprint density at radius 1 is 1.16 bits per heavy atom. The molecule has 0 radical (unpaired) electrons. The monoisotopic (exact) mass is 639 g/mol. The van der Waals surface area contributed by atoms with E-state index in [9.17, 15) is 23.1 Å². The molecule has 0 saturated carbocycles. The van der Waals surface area contributed by atoms with Gasteiger partial charge in [-0.2, -0.15) is 8.42 Å². The van der Waals surface area contributed by atoms with E-state index in [1.165, 1.54) is 68.6 Å². The molecule has 1 saturated heterocycles. The minimum atomic E-state index is -4.74. The number of carbonyl (C=O) groups excluding carboxylic acids is 2. The van der Waals surface area contributed by atoms with Gasteiger partial charge in [-0.15, -0.1) is 0 Å². The van der Waals surface area contributed by atoms with Crippen molar-refractivity contribution in [3.63, 3.8) is 0 Å². The van der Waals surface area contributed by atoms with Crippen molar-refractivity contribution in [2.24, 2.45) is 5.92 Å². The molecule has 2 aromatic heterocycles. The zero-order valence-corrected chi connectivity index (χ0v) is 25.9.